The zero-order valence-electron chi connectivity index (χ0n) is 13.7. The monoisotopic (exact) mass is 375 g/mol. The molecule has 0 fully saturated rings. The maximum atomic E-state index is 6.09. The van der Waals surface area contributed by atoms with Crippen LogP contribution in [0.25, 0.3) is 10.8 Å². The quantitative estimate of drug-likeness (QED) is 0.583. The van der Waals surface area contributed by atoms with Crippen LogP contribution in [-0.4, -0.2) is 19.8 Å². The molecule has 0 aromatic heterocycles. The van der Waals surface area contributed by atoms with E-state index in [1.165, 1.54) is 10.8 Å². The molecule has 3 rings (SSSR count). The van der Waals surface area contributed by atoms with Gasteiger partial charge in [-0.2, -0.15) is 0 Å². The molecule has 0 radical (unpaired) electrons. The van der Waals surface area contributed by atoms with Crippen LogP contribution in [0.2, 0.25) is 10.0 Å². The van der Waals surface area contributed by atoms with Crippen molar-refractivity contribution in [3.05, 3.63) is 70.2 Å². The van der Waals surface area contributed by atoms with Crippen molar-refractivity contribution in [1.29, 1.82) is 0 Å². The van der Waals surface area contributed by atoms with E-state index in [0.717, 1.165) is 17.7 Å². The molecule has 0 amide bonds. The van der Waals surface area contributed by atoms with Crippen LogP contribution in [0.5, 0.6) is 11.5 Å². The van der Waals surface area contributed by atoms with Gasteiger partial charge >= 0.3 is 0 Å². The average molecular weight is 376 g/mol. The van der Waals surface area contributed by atoms with Crippen molar-refractivity contribution in [2.45, 2.75) is 6.42 Å². The van der Waals surface area contributed by atoms with Gasteiger partial charge in [-0.3, -0.25) is 0 Å². The Bertz CT molecular complexity index is 867. The fraction of sp³-hybridized carbons (Fsp3) is 0.200. The largest absolute Gasteiger partial charge is 0.490 e. The van der Waals surface area contributed by atoms with E-state index >= 15 is 0 Å². The predicted octanol–water partition coefficient (Wildman–Crippen LogP) is 5.11. The Morgan fingerprint density at radius 1 is 0.840 bits per heavy atom. The summed E-state index contributed by atoms with van der Waals surface area (Å²) in [5.41, 5.74) is 6.90. The lowest BCUT2D eigenvalue weighted by Gasteiger charge is -2.14. The molecule has 0 bridgehead atoms. The van der Waals surface area contributed by atoms with Gasteiger partial charge < -0.3 is 15.2 Å². The molecule has 0 saturated carbocycles. The second-order valence-electron chi connectivity index (χ2n) is 5.57. The Kier molecular flexibility index (Phi) is 6.03. The van der Waals surface area contributed by atoms with Gasteiger partial charge in [-0.05, 0) is 41.9 Å². The summed E-state index contributed by atoms with van der Waals surface area (Å²) in [5.74, 6) is 1.39. The number of halogens is 2. The smallest absolute Gasteiger partial charge is 0.139 e. The predicted molar refractivity (Wildman–Crippen MR) is 104 cm³/mol. The molecule has 3 aromatic rings. The fourth-order valence-corrected chi connectivity index (χ4v) is 3.08. The van der Waals surface area contributed by atoms with E-state index in [4.69, 9.17) is 38.4 Å². The summed E-state index contributed by atoms with van der Waals surface area (Å²) in [5, 5.41) is 3.46. The second-order valence-corrected chi connectivity index (χ2v) is 6.42. The first-order valence-corrected chi connectivity index (χ1v) is 8.86. The highest BCUT2D eigenvalue weighted by Gasteiger charge is 2.09. The molecular weight excluding hydrogens is 357 g/mol. The zero-order valence-corrected chi connectivity index (χ0v) is 15.2. The number of ether oxygens (including phenoxy) is 2. The van der Waals surface area contributed by atoms with Crippen LogP contribution in [-0.2, 0) is 6.42 Å². The lowest BCUT2D eigenvalue weighted by molar-refractivity contribution is 0.216. The van der Waals surface area contributed by atoms with E-state index in [0.29, 0.717) is 35.6 Å². The Morgan fingerprint density at radius 3 is 2.40 bits per heavy atom. The highest BCUT2D eigenvalue weighted by Crippen LogP contribution is 2.29. The first-order valence-electron chi connectivity index (χ1n) is 8.10. The number of fused-ring (bicyclic) bond motifs is 1. The van der Waals surface area contributed by atoms with E-state index in [2.05, 4.69) is 18.2 Å². The maximum Gasteiger partial charge on any atom is 0.139 e. The van der Waals surface area contributed by atoms with E-state index in [-0.39, 0.29) is 0 Å². The Labute approximate surface area is 157 Å². The molecule has 0 aliphatic heterocycles. The first-order chi connectivity index (χ1) is 12.2. The minimum absolute atomic E-state index is 0.370. The molecule has 2 N–H and O–H groups in total. The summed E-state index contributed by atoms with van der Waals surface area (Å²) in [7, 11) is 0. The van der Waals surface area contributed by atoms with Crippen LogP contribution in [0, 0.1) is 0 Å². The van der Waals surface area contributed by atoms with E-state index in [1.807, 2.05) is 18.2 Å². The third-order valence-corrected chi connectivity index (χ3v) is 4.43. The number of nitrogens with two attached hydrogens (primary N) is 1. The van der Waals surface area contributed by atoms with Crippen molar-refractivity contribution >= 4 is 34.0 Å². The van der Waals surface area contributed by atoms with Gasteiger partial charge in [0.15, 0.2) is 0 Å². The van der Waals surface area contributed by atoms with Gasteiger partial charge in [0.25, 0.3) is 0 Å². The van der Waals surface area contributed by atoms with Crippen LogP contribution in [0.15, 0.2) is 54.6 Å². The maximum absolute atomic E-state index is 6.09. The van der Waals surface area contributed by atoms with Crippen LogP contribution < -0.4 is 15.2 Å². The summed E-state index contributed by atoms with van der Waals surface area (Å²) in [6.45, 7) is 1.34. The van der Waals surface area contributed by atoms with Gasteiger partial charge in [0.1, 0.15) is 24.7 Å². The molecule has 0 spiro atoms. The highest BCUT2D eigenvalue weighted by molar-refractivity contribution is 6.34. The van der Waals surface area contributed by atoms with Gasteiger partial charge in [0.05, 0.1) is 5.02 Å². The second kappa shape index (κ2) is 8.43. The molecule has 0 aliphatic carbocycles. The van der Waals surface area contributed by atoms with Gasteiger partial charge in [-0.25, -0.2) is 0 Å². The van der Waals surface area contributed by atoms with Crippen LogP contribution >= 0.6 is 23.2 Å². The molecule has 5 heteroatoms. The highest BCUT2D eigenvalue weighted by atomic mass is 35.5. The number of hydrogen-bond acceptors (Lipinski definition) is 3. The van der Waals surface area contributed by atoms with Gasteiger partial charge in [-0.15, -0.1) is 0 Å². The van der Waals surface area contributed by atoms with Gasteiger partial charge in [-0.1, -0.05) is 53.5 Å². The summed E-state index contributed by atoms with van der Waals surface area (Å²) >= 11 is 12.0. The third-order valence-electron chi connectivity index (χ3n) is 3.88. The van der Waals surface area contributed by atoms with E-state index < -0.39 is 0 Å². The Balaban J connectivity index is 1.68. The molecule has 0 unspecified atom stereocenters. The Hall–Kier alpha value is -1.94. The van der Waals surface area contributed by atoms with Crippen LogP contribution in [0.3, 0.4) is 0 Å². The molecule has 130 valence electrons. The van der Waals surface area contributed by atoms with Crippen LogP contribution in [0.4, 0.5) is 0 Å². The van der Waals surface area contributed by atoms with Crippen molar-refractivity contribution in [3.8, 4) is 11.5 Å². The molecular formula is C20H19Cl2NO2. The summed E-state index contributed by atoms with van der Waals surface area (Å²) < 4.78 is 11.6. The van der Waals surface area contributed by atoms with Crippen molar-refractivity contribution in [1.82, 2.24) is 0 Å². The van der Waals surface area contributed by atoms with Crippen LogP contribution in [0.1, 0.15) is 5.56 Å². The summed E-state index contributed by atoms with van der Waals surface area (Å²) in [6, 6.07) is 17.4. The molecule has 0 atom stereocenters. The van der Waals surface area contributed by atoms with E-state index in [1.54, 1.807) is 18.2 Å². The first kappa shape index (κ1) is 17.9. The lowest BCUT2D eigenvalue weighted by Crippen LogP contribution is -2.11. The molecule has 3 nitrogen and oxygen atoms in total. The van der Waals surface area contributed by atoms with Crippen molar-refractivity contribution in [2.24, 2.45) is 5.73 Å². The number of rotatable bonds is 7. The lowest BCUT2D eigenvalue weighted by atomic mass is 10.0. The van der Waals surface area contributed by atoms with Crippen molar-refractivity contribution in [3.63, 3.8) is 0 Å². The minimum Gasteiger partial charge on any atom is -0.490 e. The van der Waals surface area contributed by atoms with Crippen molar-refractivity contribution in [2.75, 3.05) is 19.8 Å². The van der Waals surface area contributed by atoms with E-state index in [9.17, 15) is 0 Å². The molecule has 25 heavy (non-hydrogen) atoms. The third kappa shape index (κ3) is 4.37. The molecule has 0 aliphatic rings. The summed E-state index contributed by atoms with van der Waals surface area (Å²) in [4.78, 5) is 0. The standard InChI is InChI=1S/C20H19Cl2NO2/c21-15-6-7-18(22)20(13-15)25-12-11-24-19-8-5-14-3-1-2-4-16(14)17(19)9-10-23/h1-8,13H,9-12,23H2. The summed E-state index contributed by atoms with van der Waals surface area (Å²) in [6.07, 6.45) is 0.762. The van der Waals surface area contributed by atoms with Gasteiger partial charge in [0.2, 0.25) is 0 Å². The fourth-order valence-electron chi connectivity index (χ4n) is 2.74. The normalized spacial score (nSPS) is 10.8. The topological polar surface area (TPSA) is 44.5 Å². The minimum atomic E-state index is 0.370. The number of hydrogen-bond donors (Lipinski definition) is 1. The zero-order chi connectivity index (χ0) is 17.6. The number of benzene rings is 3. The molecule has 0 heterocycles. The van der Waals surface area contributed by atoms with Crippen molar-refractivity contribution < 1.29 is 9.47 Å². The average Bonchev–Trinajstić information content (AvgIpc) is 2.63. The molecule has 3 aromatic carbocycles. The van der Waals surface area contributed by atoms with Gasteiger partial charge in [0, 0.05) is 16.7 Å². The SMILES string of the molecule is NCCc1c(OCCOc2cc(Cl)ccc2Cl)ccc2ccccc12. The Morgan fingerprint density at radius 2 is 1.60 bits per heavy atom. The molecule has 0 saturated heterocycles.